The fraction of sp³-hybridized carbons (Fsp3) is 0.263. The maximum atomic E-state index is 14.8. The van der Waals surface area contributed by atoms with Crippen LogP contribution in [-0.2, 0) is 9.53 Å². The van der Waals surface area contributed by atoms with E-state index in [9.17, 15) is 14.0 Å². The van der Waals surface area contributed by atoms with Gasteiger partial charge in [-0.3, -0.25) is 9.69 Å². The van der Waals surface area contributed by atoms with E-state index in [0.717, 1.165) is 0 Å². The highest BCUT2D eigenvalue weighted by Crippen LogP contribution is 2.29. The molecule has 9 nitrogen and oxygen atoms in total. The highest BCUT2D eigenvalue weighted by Gasteiger charge is 2.32. The number of carbonyl (C=O) groups excluding carboxylic acids is 2. The van der Waals surface area contributed by atoms with Crippen molar-refractivity contribution < 1.29 is 18.7 Å². The first-order valence-corrected chi connectivity index (χ1v) is 9.01. The maximum Gasteiger partial charge on any atom is 0.414 e. The van der Waals surface area contributed by atoms with Gasteiger partial charge in [-0.15, -0.1) is 5.10 Å². The van der Waals surface area contributed by atoms with Gasteiger partial charge in [0.05, 0.1) is 18.8 Å². The van der Waals surface area contributed by atoms with Crippen LogP contribution >= 0.6 is 0 Å². The van der Waals surface area contributed by atoms with Gasteiger partial charge in [0.1, 0.15) is 11.9 Å². The number of halogens is 1. The lowest BCUT2D eigenvalue weighted by Gasteiger charge is -2.14. The van der Waals surface area contributed by atoms with E-state index >= 15 is 0 Å². The predicted molar refractivity (Wildman–Crippen MR) is 104 cm³/mol. The molecule has 2 N–H and O–H groups in total. The number of anilines is 2. The zero-order chi connectivity index (χ0) is 20.5. The maximum absolute atomic E-state index is 14.8. The molecule has 1 saturated heterocycles. The number of rotatable bonds is 5. The second-order valence-corrected chi connectivity index (χ2v) is 6.62. The van der Waals surface area contributed by atoms with Crippen LogP contribution in [0, 0.1) is 5.82 Å². The van der Waals surface area contributed by atoms with Crippen molar-refractivity contribution in [3.05, 3.63) is 42.3 Å². The minimum absolute atomic E-state index is 0.207. The van der Waals surface area contributed by atoms with Gasteiger partial charge in [0.25, 0.3) is 0 Å². The lowest BCUT2D eigenvalue weighted by molar-refractivity contribution is -0.119. The van der Waals surface area contributed by atoms with Crippen molar-refractivity contribution in [2.24, 2.45) is 0 Å². The molecule has 3 aromatic rings. The van der Waals surface area contributed by atoms with Crippen LogP contribution in [0.5, 0.6) is 0 Å². The summed E-state index contributed by atoms with van der Waals surface area (Å²) in [6.45, 7) is 1.83. The number of fused-ring (bicyclic) bond motifs is 1. The van der Waals surface area contributed by atoms with Crippen LogP contribution in [0.3, 0.4) is 0 Å². The van der Waals surface area contributed by atoms with Crippen molar-refractivity contribution in [2.45, 2.75) is 13.0 Å². The SMILES string of the molecule is CNc1nc2cc(-c3ccc(N4C[C@H](CNC(C)=O)OC4=O)cc3F)ccn2n1. The molecule has 1 aliphatic rings. The number of hydrogen-bond donors (Lipinski definition) is 2. The lowest BCUT2D eigenvalue weighted by atomic mass is 10.1. The number of aromatic nitrogens is 3. The molecule has 10 heteroatoms. The molecule has 0 saturated carbocycles. The molecular formula is C19H19FN6O3. The molecule has 1 aliphatic heterocycles. The number of benzene rings is 1. The molecule has 0 radical (unpaired) electrons. The minimum atomic E-state index is -0.572. The van der Waals surface area contributed by atoms with E-state index in [2.05, 4.69) is 20.7 Å². The molecule has 2 aromatic heterocycles. The molecule has 1 fully saturated rings. The first-order chi connectivity index (χ1) is 13.9. The van der Waals surface area contributed by atoms with E-state index in [1.54, 1.807) is 42.0 Å². The zero-order valence-corrected chi connectivity index (χ0v) is 15.8. The smallest absolute Gasteiger partial charge is 0.414 e. The van der Waals surface area contributed by atoms with Crippen molar-refractivity contribution in [1.29, 1.82) is 0 Å². The van der Waals surface area contributed by atoms with Crippen LogP contribution in [0.4, 0.5) is 20.8 Å². The van der Waals surface area contributed by atoms with Crippen LogP contribution in [0.1, 0.15) is 6.92 Å². The van der Waals surface area contributed by atoms with E-state index in [0.29, 0.717) is 28.4 Å². The number of hydrogen-bond acceptors (Lipinski definition) is 6. The van der Waals surface area contributed by atoms with Gasteiger partial charge in [-0.2, -0.15) is 4.98 Å². The van der Waals surface area contributed by atoms with Gasteiger partial charge in [-0.25, -0.2) is 13.7 Å². The predicted octanol–water partition coefficient (Wildman–Crippen LogP) is 2.04. The molecule has 2 amide bonds. The summed E-state index contributed by atoms with van der Waals surface area (Å²) in [6, 6.07) is 8.05. The Morgan fingerprint density at radius 1 is 1.34 bits per heavy atom. The fourth-order valence-electron chi connectivity index (χ4n) is 3.16. The average Bonchev–Trinajstić information content (AvgIpc) is 3.28. The Morgan fingerprint density at radius 2 is 2.17 bits per heavy atom. The third-order valence-electron chi connectivity index (χ3n) is 4.59. The Labute approximate surface area is 165 Å². The van der Waals surface area contributed by atoms with Crippen LogP contribution in [0.25, 0.3) is 16.8 Å². The Kier molecular flexibility index (Phi) is 4.75. The third kappa shape index (κ3) is 3.68. The zero-order valence-electron chi connectivity index (χ0n) is 15.8. The second-order valence-electron chi connectivity index (χ2n) is 6.62. The normalized spacial score (nSPS) is 16.2. The van der Waals surface area contributed by atoms with E-state index < -0.39 is 18.0 Å². The Bertz CT molecular complexity index is 1100. The molecular weight excluding hydrogens is 379 g/mol. The van der Waals surface area contributed by atoms with Gasteiger partial charge in [-0.1, -0.05) is 0 Å². The lowest BCUT2D eigenvalue weighted by Crippen LogP contribution is -2.33. The topological polar surface area (TPSA) is 101 Å². The molecule has 1 aromatic carbocycles. The van der Waals surface area contributed by atoms with Crippen molar-refractivity contribution in [2.75, 3.05) is 30.4 Å². The molecule has 0 bridgehead atoms. The molecule has 0 unspecified atom stereocenters. The van der Waals surface area contributed by atoms with Gasteiger partial charge in [0.15, 0.2) is 5.65 Å². The standard InChI is InChI=1S/C19H19FN6O3/c1-11(27)22-9-14-10-25(19(28)29-14)13-3-4-15(16(20)8-13)12-5-6-26-17(7-12)23-18(21-2)24-26/h3-8,14H,9-10H2,1-2H3,(H,21,24)(H,22,27)/t14-/m0/s1. The monoisotopic (exact) mass is 398 g/mol. The molecule has 4 rings (SSSR count). The summed E-state index contributed by atoms with van der Waals surface area (Å²) in [5, 5.41) is 9.68. The number of nitrogens with zero attached hydrogens (tertiary/aromatic N) is 4. The highest BCUT2D eigenvalue weighted by atomic mass is 19.1. The van der Waals surface area contributed by atoms with Crippen molar-refractivity contribution in [3.63, 3.8) is 0 Å². The minimum Gasteiger partial charge on any atom is -0.442 e. The van der Waals surface area contributed by atoms with Crippen LogP contribution < -0.4 is 15.5 Å². The van der Waals surface area contributed by atoms with Crippen LogP contribution in [0.15, 0.2) is 36.5 Å². The Balaban J connectivity index is 1.56. The summed E-state index contributed by atoms with van der Waals surface area (Å²) in [5.74, 6) is -0.209. The number of pyridine rings is 1. The quantitative estimate of drug-likeness (QED) is 0.682. The van der Waals surface area contributed by atoms with Crippen molar-refractivity contribution in [3.8, 4) is 11.1 Å². The fourth-order valence-corrected chi connectivity index (χ4v) is 3.16. The molecule has 0 spiro atoms. The van der Waals surface area contributed by atoms with Crippen molar-refractivity contribution >= 4 is 29.3 Å². The number of amides is 2. The summed E-state index contributed by atoms with van der Waals surface area (Å²) in [4.78, 5) is 28.8. The Hall–Kier alpha value is -3.69. The Morgan fingerprint density at radius 3 is 2.90 bits per heavy atom. The summed E-state index contributed by atoms with van der Waals surface area (Å²) in [6.07, 6.45) is 0.652. The molecule has 1 atom stereocenters. The van der Waals surface area contributed by atoms with Gasteiger partial charge in [0.2, 0.25) is 11.9 Å². The molecule has 3 heterocycles. The summed E-state index contributed by atoms with van der Waals surface area (Å²) in [7, 11) is 1.72. The molecule has 150 valence electrons. The largest absolute Gasteiger partial charge is 0.442 e. The average molecular weight is 398 g/mol. The molecule has 29 heavy (non-hydrogen) atoms. The summed E-state index contributed by atoms with van der Waals surface area (Å²) >= 11 is 0. The first-order valence-electron chi connectivity index (χ1n) is 9.01. The van der Waals surface area contributed by atoms with Gasteiger partial charge in [0, 0.05) is 25.7 Å². The second kappa shape index (κ2) is 7.38. The molecule has 0 aliphatic carbocycles. The van der Waals surface area contributed by atoms with E-state index in [-0.39, 0.29) is 19.0 Å². The number of ether oxygens (including phenoxy) is 1. The summed E-state index contributed by atoms with van der Waals surface area (Å²) in [5.41, 5.74) is 2.00. The first kappa shape index (κ1) is 18.7. The van der Waals surface area contributed by atoms with Gasteiger partial charge < -0.3 is 15.4 Å². The summed E-state index contributed by atoms with van der Waals surface area (Å²) < 4.78 is 21.7. The van der Waals surface area contributed by atoms with Crippen LogP contribution in [-0.4, -0.2) is 52.8 Å². The number of nitrogens with one attached hydrogen (secondary N) is 2. The van der Waals surface area contributed by atoms with Gasteiger partial charge >= 0.3 is 6.09 Å². The van der Waals surface area contributed by atoms with Crippen molar-refractivity contribution in [1.82, 2.24) is 19.9 Å². The van der Waals surface area contributed by atoms with E-state index in [1.807, 2.05) is 0 Å². The van der Waals surface area contributed by atoms with E-state index in [4.69, 9.17) is 4.74 Å². The third-order valence-corrected chi connectivity index (χ3v) is 4.59. The van der Waals surface area contributed by atoms with Crippen LogP contribution in [0.2, 0.25) is 0 Å². The highest BCUT2D eigenvalue weighted by molar-refractivity contribution is 5.90. The number of carbonyl (C=O) groups is 2. The van der Waals surface area contributed by atoms with E-state index in [1.165, 1.54) is 17.9 Å². The van der Waals surface area contributed by atoms with Gasteiger partial charge in [-0.05, 0) is 35.9 Å². The number of cyclic esters (lactones) is 1.